The highest BCUT2D eigenvalue weighted by molar-refractivity contribution is 7.89. The van der Waals surface area contributed by atoms with Crippen LogP contribution in [0.4, 0.5) is 11.4 Å². The highest BCUT2D eigenvalue weighted by Crippen LogP contribution is 2.15. The van der Waals surface area contributed by atoms with Crippen molar-refractivity contribution < 1.29 is 27.9 Å². The molecule has 168 valence electrons. The van der Waals surface area contributed by atoms with Crippen LogP contribution in [-0.4, -0.2) is 49.4 Å². The Balaban J connectivity index is 1.78. The summed E-state index contributed by atoms with van der Waals surface area (Å²) in [5.41, 5.74) is 2.02. The molecular formula is C17H16N6O8S. The molecule has 0 radical (unpaired) electrons. The number of hydrazone groups is 1. The molecule has 0 saturated carbocycles. The highest BCUT2D eigenvalue weighted by Gasteiger charge is 2.17. The number of rotatable bonds is 10. The lowest BCUT2D eigenvalue weighted by Gasteiger charge is -2.07. The number of nitro benzene ring substituents is 2. The van der Waals surface area contributed by atoms with Crippen molar-refractivity contribution in [1.82, 2.24) is 15.5 Å². The molecule has 0 bridgehead atoms. The molecule has 32 heavy (non-hydrogen) atoms. The second-order valence-electron chi connectivity index (χ2n) is 6.00. The van der Waals surface area contributed by atoms with Crippen molar-refractivity contribution >= 4 is 39.4 Å². The van der Waals surface area contributed by atoms with Gasteiger partial charge in [0.05, 0.1) is 34.0 Å². The number of nitro groups is 2. The van der Waals surface area contributed by atoms with E-state index in [9.17, 15) is 38.2 Å². The van der Waals surface area contributed by atoms with Crippen LogP contribution < -0.4 is 15.5 Å². The number of hydrogen-bond donors (Lipinski definition) is 3. The summed E-state index contributed by atoms with van der Waals surface area (Å²) in [6.45, 7) is -1.19. The van der Waals surface area contributed by atoms with E-state index in [-0.39, 0.29) is 16.3 Å². The quantitative estimate of drug-likeness (QED) is 0.248. The largest absolute Gasteiger partial charge is 0.346 e. The van der Waals surface area contributed by atoms with Crippen LogP contribution in [0.3, 0.4) is 0 Å². The van der Waals surface area contributed by atoms with Gasteiger partial charge in [-0.1, -0.05) is 12.1 Å². The van der Waals surface area contributed by atoms with Gasteiger partial charge in [-0.15, -0.1) is 0 Å². The van der Waals surface area contributed by atoms with Crippen molar-refractivity contribution in [2.45, 2.75) is 4.90 Å². The number of sulfonamides is 1. The maximum atomic E-state index is 12.1. The Labute approximate surface area is 180 Å². The Morgan fingerprint density at radius 1 is 0.938 bits per heavy atom. The highest BCUT2D eigenvalue weighted by atomic mass is 32.2. The average molecular weight is 464 g/mol. The van der Waals surface area contributed by atoms with Gasteiger partial charge in [-0.25, -0.2) is 18.6 Å². The predicted molar refractivity (Wildman–Crippen MR) is 110 cm³/mol. The van der Waals surface area contributed by atoms with Gasteiger partial charge in [0.25, 0.3) is 17.3 Å². The van der Waals surface area contributed by atoms with Crippen molar-refractivity contribution in [2.24, 2.45) is 5.10 Å². The third-order valence-electron chi connectivity index (χ3n) is 3.71. The summed E-state index contributed by atoms with van der Waals surface area (Å²) in [6, 6.07) is 9.56. The fourth-order valence-electron chi connectivity index (χ4n) is 2.17. The third-order valence-corrected chi connectivity index (χ3v) is 5.13. The fourth-order valence-corrected chi connectivity index (χ4v) is 3.15. The van der Waals surface area contributed by atoms with E-state index in [1.54, 1.807) is 0 Å². The first-order valence-electron chi connectivity index (χ1n) is 8.65. The summed E-state index contributed by atoms with van der Waals surface area (Å²) in [6.07, 6.45) is 1.17. The zero-order chi connectivity index (χ0) is 23.7. The van der Waals surface area contributed by atoms with E-state index in [1.807, 2.05) is 4.72 Å². The minimum Gasteiger partial charge on any atom is -0.346 e. The van der Waals surface area contributed by atoms with E-state index < -0.39 is 44.8 Å². The molecule has 0 saturated heterocycles. The maximum Gasteiger partial charge on any atom is 0.270 e. The SMILES string of the molecule is O=C(CNS(=O)(=O)c1ccc([N+](=O)[O-])cc1)NCC(=O)N/N=C/c1cccc([N+](=O)[O-])c1. The average Bonchev–Trinajstić information content (AvgIpc) is 2.76. The van der Waals surface area contributed by atoms with Crippen LogP contribution in [-0.2, 0) is 19.6 Å². The van der Waals surface area contributed by atoms with E-state index >= 15 is 0 Å². The zero-order valence-electron chi connectivity index (χ0n) is 16.1. The van der Waals surface area contributed by atoms with Crippen molar-refractivity contribution in [2.75, 3.05) is 13.1 Å². The number of nitrogens with zero attached hydrogens (tertiary/aromatic N) is 3. The van der Waals surface area contributed by atoms with Crippen LogP contribution in [0.25, 0.3) is 0 Å². The van der Waals surface area contributed by atoms with Crippen molar-refractivity contribution in [3.8, 4) is 0 Å². The van der Waals surface area contributed by atoms with Crippen LogP contribution in [0.5, 0.6) is 0 Å². The Kier molecular flexibility index (Phi) is 8.03. The molecule has 2 amide bonds. The smallest absolute Gasteiger partial charge is 0.270 e. The molecule has 0 aliphatic rings. The molecule has 2 aromatic carbocycles. The summed E-state index contributed by atoms with van der Waals surface area (Å²) in [7, 11) is -4.10. The van der Waals surface area contributed by atoms with Crippen LogP contribution in [0.2, 0.25) is 0 Å². The summed E-state index contributed by atoms with van der Waals surface area (Å²) >= 11 is 0. The molecule has 0 unspecified atom stereocenters. The molecule has 15 heteroatoms. The summed E-state index contributed by atoms with van der Waals surface area (Å²) in [5.74, 6) is -1.54. The van der Waals surface area contributed by atoms with E-state index in [4.69, 9.17) is 0 Å². The second kappa shape index (κ2) is 10.7. The van der Waals surface area contributed by atoms with Crippen molar-refractivity contribution in [3.63, 3.8) is 0 Å². The molecule has 3 N–H and O–H groups in total. The molecule has 0 heterocycles. The number of benzene rings is 2. The Bertz CT molecular complexity index is 1160. The van der Waals surface area contributed by atoms with Gasteiger partial charge in [0, 0.05) is 29.8 Å². The van der Waals surface area contributed by atoms with Gasteiger partial charge in [-0.3, -0.25) is 29.8 Å². The lowest BCUT2D eigenvalue weighted by molar-refractivity contribution is -0.385. The molecule has 0 fully saturated rings. The molecule has 0 atom stereocenters. The Morgan fingerprint density at radius 2 is 1.59 bits per heavy atom. The standard InChI is InChI=1S/C17H16N6O8S/c24-16(11-20-32(30,31)15-6-4-13(5-7-15)22(26)27)18-10-17(25)21-19-9-12-2-1-3-14(8-12)23(28)29/h1-9,20H,10-11H2,(H,18,24)(H,21,25)/b19-9+. The van der Waals surface area contributed by atoms with Gasteiger partial charge in [0.2, 0.25) is 15.9 Å². The number of nitrogens with one attached hydrogen (secondary N) is 3. The van der Waals surface area contributed by atoms with Crippen LogP contribution >= 0.6 is 0 Å². The molecule has 2 rings (SSSR count). The first-order chi connectivity index (χ1) is 15.1. The van der Waals surface area contributed by atoms with E-state index in [0.717, 1.165) is 24.3 Å². The molecule has 0 aliphatic carbocycles. The first-order valence-corrected chi connectivity index (χ1v) is 10.1. The van der Waals surface area contributed by atoms with Crippen LogP contribution in [0.15, 0.2) is 58.5 Å². The Morgan fingerprint density at radius 3 is 2.22 bits per heavy atom. The minimum absolute atomic E-state index is 0.149. The summed E-state index contributed by atoms with van der Waals surface area (Å²) in [4.78, 5) is 43.2. The van der Waals surface area contributed by atoms with Gasteiger partial charge in [0.15, 0.2) is 0 Å². The molecule has 14 nitrogen and oxygen atoms in total. The van der Waals surface area contributed by atoms with Crippen molar-refractivity contribution in [1.29, 1.82) is 0 Å². The van der Waals surface area contributed by atoms with E-state index in [0.29, 0.717) is 5.56 Å². The second-order valence-corrected chi connectivity index (χ2v) is 7.76. The van der Waals surface area contributed by atoms with Gasteiger partial charge in [-0.05, 0) is 12.1 Å². The predicted octanol–water partition coefficient (Wildman–Crippen LogP) is 0.0478. The third kappa shape index (κ3) is 7.22. The number of amides is 2. The number of hydrogen-bond acceptors (Lipinski definition) is 9. The van der Waals surface area contributed by atoms with Crippen LogP contribution in [0, 0.1) is 20.2 Å². The number of carbonyl (C=O) groups is 2. The van der Waals surface area contributed by atoms with E-state index in [1.165, 1.54) is 30.5 Å². The van der Waals surface area contributed by atoms with Gasteiger partial charge < -0.3 is 5.32 Å². The van der Waals surface area contributed by atoms with Gasteiger partial charge in [-0.2, -0.15) is 5.10 Å². The summed E-state index contributed by atoms with van der Waals surface area (Å²) < 4.78 is 26.2. The molecule has 0 aliphatic heterocycles. The Hall–Kier alpha value is -4.24. The molecule has 0 spiro atoms. The normalized spacial score (nSPS) is 11.1. The molecule has 2 aromatic rings. The first kappa shape index (κ1) is 24.0. The van der Waals surface area contributed by atoms with Crippen LogP contribution in [0.1, 0.15) is 5.56 Å². The zero-order valence-corrected chi connectivity index (χ0v) is 16.9. The lowest BCUT2D eigenvalue weighted by atomic mass is 10.2. The van der Waals surface area contributed by atoms with E-state index in [2.05, 4.69) is 15.8 Å². The lowest BCUT2D eigenvalue weighted by Crippen LogP contribution is -2.41. The number of non-ortho nitro benzene ring substituents is 2. The maximum absolute atomic E-state index is 12.1. The van der Waals surface area contributed by atoms with Crippen molar-refractivity contribution in [3.05, 3.63) is 74.3 Å². The monoisotopic (exact) mass is 464 g/mol. The molecule has 0 aromatic heterocycles. The summed E-state index contributed by atoms with van der Waals surface area (Å²) in [5, 5.41) is 27.1. The van der Waals surface area contributed by atoms with Gasteiger partial charge >= 0.3 is 0 Å². The van der Waals surface area contributed by atoms with Gasteiger partial charge in [0.1, 0.15) is 0 Å². The number of carbonyl (C=O) groups excluding carboxylic acids is 2. The topological polar surface area (TPSA) is 203 Å². The minimum atomic E-state index is -4.10. The fraction of sp³-hybridized carbons (Fsp3) is 0.118. The molecular weight excluding hydrogens is 448 g/mol.